The van der Waals surface area contributed by atoms with Crippen molar-refractivity contribution in [1.82, 2.24) is 5.32 Å². The van der Waals surface area contributed by atoms with Crippen molar-refractivity contribution in [3.63, 3.8) is 0 Å². The molecule has 2 aromatic rings. The summed E-state index contributed by atoms with van der Waals surface area (Å²) in [6.45, 7) is 6.06. The zero-order valence-electron chi connectivity index (χ0n) is 13.9. The number of hydrogen-bond donors (Lipinski definition) is 1. The molecule has 0 radical (unpaired) electrons. The van der Waals surface area contributed by atoms with Gasteiger partial charge in [0.2, 0.25) is 0 Å². The van der Waals surface area contributed by atoms with Crippen LogP contribution >= 0.6 is 0 Å². The maximum absolute atomic E-state index is 12.1. The van der Waals surface area contributed by atoms with Crippen LogP contribution in [0.15, 0.2) is 48.5 Å². The van der Waals surface area contributed by atoms with Crippen LogP contribution in [-0.2, 0) is 0 Å². The Kier molecular flexibility index (Phi) is 5.89. The van der Waals surface area contributed by atoms with Crippen LogP contribution in [-0.4, -0.2) is 30.5 Å². The average Bonchev–Trinajstić information content (AvgIpc) is 2.58. The molecule has 0 aliphatic carbocycles. The number of nitrogens with one attached hydrogen (secondary N) is 1. The van der Waals surface area contributed by atoms with E-state index in [1.807, 2.05) is 25.1 Å². The number of nitro benzene ring substituents is 1. The van der Waals surface area contributed by atoms with Crippen molar-refractivity contribution in [1.29, 1.82) is 0 Å². The number of benzene rings is 2. The van der Waals surface area contributed by atoms with Gasteiger partial charge in [0, 0.05) is 43.0 Å². The molecule has 0 aliphatic heterocycles. The number of carbonyl (C=O) groups is 1. The number of hydrogen-bond acceptors (Lipinski definition) is 4. The molecule has 0 saturated heterocycles. The summed E-state index contributed by atoms with van der Waals surface area (Å²) >= 11 is 0. The van der Waals surface area contributed by atoms with Crippen molar-refractivity contribution in [2.45, 2.75) is 13.8 Å². The second-order valence-electron chi connectivity index (χ2n) is 5.48. The van der Waals surface area contributed by atoms with Gasteiger partial charge in [-0.25, -0.2) is 0 Å². The maximum Gasteiger partial charge on any atom is 0.270 e. The van der Waals surface area contributed by atoms with E-state index < -0.39 is 4.92 Å². The molecule has 1 amide bonds. The Morgan fingerprint density at radius 1 is 1.21 bits per heavy atom. The molecule has 0 bridgehead atoms. The number of amides is 1. The summed E-state index contributed by atoms with van der Waals surface area (Å²) < 4.78 is 0. The first-order valence-electron chi connectivity index (χ1n) is 7.85. The smallest absolute Gasteiger partial charge is 0.270 e. The predicted molar refractivity (Wildman–Crippen MR) is 94.5 cm³/mol. The first-order valence-corrected chi connectivity index (χ1v) is 7.85. The van der Waals surface area contributed by atoms with Gasteiger partial charge in [0.25, 0.3) is 11.6 Å². The van der Waals surface area contributed by atoms with Crippen LogP contribution in [0.2, 0.25) is 0 Å². The van der Waals surface area contributed by atoms with Gasteiger partial charge in [-0.2, -0.15) is 0 Å². The summed E-state index contributed by atoms with van der Waals surface area (Å²) in [4.78, 5) is 24.6. The summed E-state index contributed by atoms with van der Waals surface area (Å²) in [5.41, 5.74) is 2.51. The lowest BCUT2D eigenvalue weighted by atomic mass is 10.2. The van der Waals surface area contributed by atoms with Gasteiger partial charge < -0.3 is 10.2 Å². The Balaban J connectivity index is 1.94. The molecule has 1 N–H and O–H groups in total. The highest BCUT2D eigenvalue weighted by atomic mass is 16.6. The molecule has 2 aromatic carbocycles. The minimum Gasteiger partial charge on any atom is -0.370 e. The van der Waals surface area contributed by atoms with E-state index in [2.05, 4.69) is 23.2 Å². The molecule has 0 aliphatic rings. The first kappa shape index (κ1) is 17.5. The number of non-ortho nitro benzene ring substituents is 1. The molecule has 0 fully saturated rings. The third kappa shape index (κ3) is 4.55. The van der Waals surface area contributed by atoms with Crippen LogP contribution in [0.3, 0.4) is 0 Å². The van der Waals surface area contributed by atoms with E-state index in [1.54, 1.807) is 6.07 Å². The van der Waals surface area contributed by atoms with Gasteiger partial charge in [-0.05, 0) is 37.6 Å². The van der Waals surface area contributed by atoms with E-state index in [0.717, 1.165) is 12.2 Å². The molecule has 0 atom stereocenters. The fraction of sp³-hybridized carbons (Fsp3) is 0.278. The summed E-state index contributed by atoms with van der Waals surface area (Å²) in [6.07, 6.45) is 0. The fourth-order valence-electron chi connectivity index (χ4n) is 2.46. The summed E-state index contributed by atoms with van der Waals surface area (Å²) in [7, 11) is 0. The molecule has 6 nitrogen and oxygen atoms in total. The van der Waals surface area contributed by atoms with Gasteiger partial charge in [-0.1, -0.05) is 18.2 Å². The molecule has 6 heteroatoms. The molecular weight excluding hydrogens is 306 g/mol. The lowest BCUT2D eigenvalue weighted by Crippen LogP contribution is -2.35. The van der Waals surface area contributed by atoms with Gasteiger partial charge in [0.1, 0.15) is 0 Å². The predicted octanol–water partition coefficient (Wildman–Crippen LogP) is 3.16. The van der Waals surface area contributed by atoms with Gasteiger partial charge >= 0.3 is 0 Å². The Hall–Kier alpha value is -2.89. The zero-order chi connectivity index (χ0) is 17.5. The molecule has 0 saturated carbocycles. The Labute approximate surface area is 141 Å². The van der Waals surface area contributed by atoms with Crippen molar-refractivity contribution in [2.75, 3.05) is 24.5 Å². The lowest BCUT2D eigenvalue weighted by Gasteiger charge is -2.23. The number of likely N-dealkylation sites (N-methyl/N-ethyl adjacent to an activating group) is 1. The second-order valence-corrected chi connectivity index (χ2v) is 5.48. The summed E-state index contributed by atoms with van der Waals surface area (Å²) in [5, 5.41) is 13.6. The number of nitrogens with zero attached hydrogens (tertiary/aromatic N) is 2. The standard InChI is InChI=1S/C18H21N3O3/c1-3-20(16-8-4-6-14(2)12-16)11-10-19-18(22)15-7-5-9-17(13-15)21(23)24/h4-9,12-13H,3,10-11H2,1-2H3,(H,19,22). The van der Waals surface area contributed by atoms with Gasteiger partial charge in [0.05, 0.1) is 4.92 Å². The highest BCUT2D eigenvalue weighted by Gasteiger charge is 2.11. The molecular formula is C18H21N3O3. The molecule has 0 unspecified atom stereocenters. The Morgan fingerprint density at radius 3 is 2.62 bits per heavy atom. The lowest BCUT2D eigenvalue weighted by molar-refractivity contribution is -0.384. The van der Waals surface area contributed by atoms with E-state index in [9.17, 15) is 14.9 Å². The third-order valence-electron chi connectivity index (χ3n) is 3.73. The van der Waals surface area contributed by atoms with Crippen LogP contribution in [0.4, 0.5) is 11.4 Å². The number of anilines is 1. The molecule has 2 rings (SSSR count). The highest BCUT2D eigenvalue weighted by Crippen LogP contribution is 2.15. The van der Waals surface area contributed by atoms with Gasteiger partial charge in [-0.15, -0.1) is 0 Å². The average molecular weight is 327 g/mol. The van der Waals surface area contributed by atoms with Crippen molar-refractivity contribution >= 4 is 17.3 Å². The van der Waals surface area contributed by atoms with Crippen LogP contribution < -0.4 is 10.2 Å². The van der Waals surface area contributed by atoms with Crippen LogP contribution in [0.25, 0.3) is 0 Å². The topological polar surface area (TPSA) is 75.5 Å². The largest absolute Gasteiger partial charge is 0.370 e. The maximum atomic E-state index is 12.1. The minimum absolute atomic E-state index is 0.0856. The van der Waals surface area contributed by atoms with Gasteiger partial charge in [0.15, 0.2) is 0 Å². The van der Waals surface area contributed by atoms with Crippen molar-refractivity contribution in [3.8, 4) is 0 Å². The van der Waals surface area contributed by atoms with Crippen LogP contribution in [0.5, 0.6) is 0 Å². The normalized spacial score (nSPS) is 10.2. The fourth-order valence-corrected chi connectivity index (χ4v) is 2.46. The summed E-state index contributed by atoms with van der Waals surface area (Å²) in [5.74, 6) is -0.306. The molecule has 126 valence electrons. The molecule has 0 aromatic heterocycles. The van der Waals surface area contributed by atoms with Crippen LogP contribution in [0, 0.1) is 17.0 Å². The van der Waals surface area contributed by atoms with Crippen LogP contribution in [0.1, 0.15) is 22.8 Å². The molecule has 0 spiro atoms. The summed E-state index contributed by atoms with van der Waals surface area (Å²) in [6, 6.07) is 13.9. The van der Waals surface area contributed by atoms with Crippen molar-refractivity contribution in [2.24, 2.45) is 0 Å². The Morgan fingerprint density at radius 2 is 1.96 bits per heavy atom. The SMILES string of the molecule is CCN(CCNC(=O)c1cccc([N+](=O)[O-])c1)c1cccc(C)c1. The first-order chi connectivity index (χ1) is 11.5. The second kappa shape index (κ2) is 8.10. The van der Waals surface area contributed by atoms with E-state index >= 15 is 0 Å². The number of carbonyl (C=O) groups excluding carboxylic acids is 1. The minimum atomic E-state index is -0.507. The quantitative estimate of drug-likeness (QED) is 0.626. The third-order valence-corrected chi connectivity index (χ3v) is 3.73. The van der Waals surface area contributed by atoms with E-state index in [-0.39, 0.29) is 11.6 Å². The van der Waals surface area contributed by atoms with Crippen molar-refractivity contribution in [3.05, 3.63) is 69.8 Å². The monoisotopic (exact) mass is 327 g/mol. The van der Waals surface area contributed by atoms with Crippen molar-refractivity contribution < 1.29 is 9.72 Å². The number of aryl methyl sites for hydroxylation is 1. The van der Waals surface area contributed by atoms with E-state index in [0.29, 0.717) is 18.7 Å². The number of nitro groups is 1. The zero-order valence-corrected chi connectivity index (χ0v) is 13.9. The number of rotatable bonds is 7. The highest BCUT2D eigenvalue weighted by molar-refractivity contribution is 5.94. The Bertz CT molecular complexity index is 731. The van der Waals surface area contributed by atoms with E-state index in [1.165, 1.54) is 23.8 Å². The van der Waals surface area contributed by atoms with E-state index in [4.69, 9.17) is 0 Å². The molecule has 24 heavy (non-hydrogen) atoms. The molecule has 0 heterocycles. The van der Waals surface area contributed by atoms with Gasteiger partial charge in [-0.3, -0.25) is 14.9 Å².